The minimum absolute atomic E-state index is 0.239. The highest BCUT2D eigenvalue weighted by Gasteiger charge is 2.07. The fourth-order valence-corrected chi connectivity index (χ4v) is 1.81. The maximum absolute atomic E-state index is 13.5. The summed E-state index contributed by atoms with van der Waals surface area (Å²) in [5.41, 5.74) is 1.36. The summed E-state index contributed by atoms with van der Waals surface area (Å²) in [6, 6.07) is 10.1. The summed E-state index contributed by atoms with van der Waals surface area (Å²) in [6.07, 6.45) is 1.65. The zero-order valence-electron chi connectivity index (χ0n) is 9.40. The van der Waals surface area contributed by atoms with Crippen LogP contribution in [0.2, 0.25) is 5.02 Å². The number of halogens is 2. The highest BCUT2D eigenvalue weighted by atomic mass is 35.5. The zero-order valence-corrected chi connectivity index (χ0v) is 10.2. The van der Waals surface area contributed by atoms with E-state index in [1.165, 1.54) is 6.07 Å². The van der Waals surface area contributed by atoms with Crippen molar-refractivity contribution in [1.29, 1.82) is 0 Å². The molecule has 0 atom stereocenters. The molecule has 0 saturated carbocycles. The lowest BCUT2D eigenvalue weighted by molar-refractivity contribution is 0.621. The molecule has 2 nitrogen and oxygen atoms in total. The molecule has 1 aromatic heterocycles. The summed E-state index contributed by atoms with van der Waals surface area (Å²) in [7, 11) is 1.82. The lowest BCUT2D eigenvalue weighted by atomic mass is 10.2. The van der Waals surface area contributed by atoms with Crippen molar-refractivity contribution in [1.82, 2.24) is 4.98 Å². The van der Waals surface area contributed by atoms with Crippen LogP contribution in [0.5, 0.6) is 0 Å². The van der Waals surface area contributed by atoms with Gasteiger partial charge in [0.05, 0.1) is 17.9 Å². The van der Waals surface area contributed by atoms with Gasteiger partial charge in [0.15, 0.2) is 0 Å². The van der Waals surface area contributed by atoms with Crippen molar-refractivity contribution in [2.45, 2.75) is 6.54 Å². The maximum atomic E-state index is 13.5. The van der Waals surface area contributed by atoms with Crippen LogP contribution in [-0.4, -0.2) is 12.0 Å². The van der Waals surface area contributed by atoms with Crippen molar-refractivity contribution in [2.75, 3.05) is 11.9 Å². The van der Waals surface area contributed by atoms with Crippen molar-refractivity contribution in [3.63, 3.8) is 0 Å². The van der Waals surface area contributed by atoms with E-state index in [0.29, 0.717) is 17.3 Å². The number of aromatic nitrogens is 1. The standard InChI is InChI=1S/C13H12ClFN2/c1-17(13-5-3-2-4-12(13)15)9-11-8-10(14)6-7-16-11/h2-8H,9H2,1H3. The number of hydrogen-bond donors (Lipinski definition) is 0. The van der Waals surface area contributed by atoms with Gasteiger partial charge in [0, 0.05) is 18.3 Å². The molecule has 88 valence electrons. The molecule has 1 aromatic carbocycles. The fourth-order valence-electron chi connectivity index (χ4n) is 1.62. The molecule has 2 aromatic rings. The predicted molar refractivity (Wildman–Crippen MR) is 67.8 cm³/mol. The van der Waals surface area contributed by atoms with Crippen LogP contribution in [0.4, 0.5) is 10.1 Å². The van der Waals surface area contributed by atoms with Gasteiger partial charge < -0.3 is 4.90 Å². The van der Waals surface area contributed by atoms with Crippen LogP contribution in [0.15, 0.2) is 42.6 Å². The highest BCUT2D eigenvalue weighted by molar-refractivity contribution is 6.30. The molecule has 0 aliphatic rings. The molecular weight excluding hydrogens is 239 g/mol. The van der Waals surface area contributed by atoms with Gasteiger partial charge in [0.1, 0.15) is 5.82 Å². The summed E-state index contributed by atoms with van der Waals surface area (Å²) in [5, 5.41) is 0.636. The van der Waals surface area contributed by atoms with E-state index in [9.17, 15) is 4.39 Å². The van der Waals surface area contributed by atoms with Crippen molar-refractivity contribution < 1.29 is 4.39 Å². The molecule has 2 rings (SSSR count). The summed E-state index contributed by atoms with van der Waals surface area (Å²) < 4.78 is 13.5. The van der Waals surface area contributed by atoms with Gasteiger partial charge >= 0.3 is 0 Å². The first kappa shape index (κ1) is 11.9. The van der Waals surface area contributed by atoms with E-state index in [1.54, 1.807) is 41.4 Å². The lowest BCUT2D eigenvalue weighted by Gasteiger charge is -2.19. The Morgan fingerprint density at radius 2 is 2.06 bits per heavy atom. The Kier molecular flexibility index (Phi) is 3.59. The van der Waals surface area contributed by atoms with Gasteiger partial charge in [-0.25, -0.2) is 4.39 Å². The van der Waals surface area contributed by atoms with Crippen LogP contribution in [-0.2, 0) is 6.54 Å². The summed E-state index contributed by atoms with van der Waals surface area (Å²) >= 11 is 5.87. The second kappa shape index (κ2) is 5.15. The third kappa shape index (κ3) is 2.94. The summed E-state index contributed by atoms with van der Waals surface area (Å²) in [5.74, 6) is -0.239. The molecule has 0 unspecified atom stereocenters. The van der Waals surface area contributed by atoms with Crippen molar-refractivity contribution in [3.8, 4) is 0 Å². The quantitative estimate of drug-likeness (QED) is 0.829. The lowest BCUT2D eigenvalue weighted by Crippen LogP contribution is -2.18. The van der Waals surface area contributed by atoms with E-state index < -0.39 is 0 Å². The molecule has 0 fully saturated rings. The predicted octanol–water partition coefficient (Wildman–Crippen LogP) is 3.51. The van der Waals surface area contributed by atoms with E-state index in [-0.39, 0.29) is 5.82 Å². The molecule has 0 spiro atoms. The van der Waals surface area contributed by atoms with Gasteiger partial charge in [-0.05, 0) is 24.3 Å². The molecule has 17 heavy (non-hydrogen) atoms. The van der Waals surface area contributed by atoms with E-state index in [4.69, 9.17) is 11.6 Å². The monoisotopic (exact) mass is 250 g/mol. The van der Waals surface area contributed by atoms with Crippen molar-refractivity contribution >= 4 is 17.3 Å². The number of nitrogens with zero attached hydrogens (tertiary/aromatic N) is 2. The van der Waals surface area contributed by atoms with Gasteiger partial charge in [-0.15, -0.1) is 0 Å². The first-order valence-electron chi connectivity index (χ1n) is 5.23. The average molecular weight is 251 g/mol. The van der Waals surface area contributed by atoms with E-state index in [1.807, 2.05) is 7.05 Å². The highest BCUT2D eigenvalue weighted by Crippen LogP contribution is 2.19. The topological polar surface area (TPSA) is 16.1 Å². The minimum atomic E-state index is -0.239. The number of pyridine rings is 1. The molecule has 0 saturated heterocycles. The third-order valence-corrected chi connectivity index (χ3v) is 2.68. The Balaban J connectivity index is 2.17. The molecule has 1 heterocycles. The van der Waals surface area contributed by atoms with Gasteiger partial charge in [0.2, 0.25) is 0 Å². The second-order valence-electron chi connectivity index (χ2n) is 3.77. The van der Waals surface area contributed by atoms with Gasteiger partial charge in [-0.2, -0.15) is 0 Å². The fraction of sp³-hybridized carbons (Fsp3) is 0.154. The van der Waals surface area contributed by atoms with Gasteiger partial charge in [-0.3, -0.25) is 4.98 Å². The third-order valence-electron chi connectivity index (χ3n) is 2.44. The van der Waals surface area contributed by atoms with E-state index in [2.05, 4.69) is 4.98 Å². The van der Waals surface area contributed by atoms with Crippen LogP contribution in [0.25, 0.3) is 0 Å². The van der Waals surface area contributed by atoms with Crippen molar-refractivity contribution in [3.05, 3.63) is 59.1 Å². The maximum Gasteiger partial charge on any atom is 0.146 e. The largest absolute Gasteiger partial charge is 0.366 e. The molecule has 0 radical (unpaired) electrons. The molecule has 0 aliphatic carbocycles. The van der Waals surface area contributed by atoms with E-state index in [0.717, 1.165) is 5.69 Å². The molecule has 4 heteroatoms. The van der Waals surface area contributed by atoms with Crippen LogP contribution in [0.1, 0.15) is 5.69 Å². The van der Waals surface area contributed by atoms with Crippen LogP contribution < -0.4 is 4.90 Å². The van der Waals surface area contributed by atoms with Crippen LogP contribution >= 0.6 is 11.6 Å². The number of para-hydroxylation sites is 1. The Morgan fingerprint density at radius 1 is 1.29 bits per heavy atom. The number of benzene rings is 1. The zero-order chi connectivity index (χ0) is 12.3. The van der Waals surface area contributed by atoms with Crippen LogP contribution in [0.3, 0.4) is 0 Å². The Labute approximate surface area is 105 Å². The summed E-state index contributed by atoms with van der Waals surface area (Å²) in [4.78, 5) is 5.99. The number of hydrogen-bond acceptors (Lipinski definition) is 2. The summed E-state index contributed by atoms with van der Waals surface area (Å²) in [6.45, 7) is 0.515. The second-order valence-corrected chi connectivity index (χ2v) is 4.21. The smallest absolute Gasteiger partial charge is 0.146 e. The Morgan fingerprint density at radius 3 is 2.76 bits per heavy atom. The van der Waals surface area contributed by atoms with Gasteiger partial charge in [-0.1, -0.05) is 23.7 Å². The molecular formula is C13H12ClFN2. The van der Waals surface area contributed by atoms with Crippen molar-refractivity contribution in [2.24, 2.45) is 0 Å². The SMILES string of the molecule is CN(Cc1cc(Cl)ccn1)c1ccccc1F. The first-order chi connectivity index (χ1) is 8.16. The molecule has 0 bridgehead atoms. The van der Waals surface area contributed by atoms with Crippen LogP contribution in [0, 0.1) is 5.82 Å². The average Bonchev–Trinajstić information content (AvgIpc) is 2.29. The molecule has 0 amide bonds. The van der Waals surface area contributed by atoms with Gasteiger partial charge in [0.25, 0.3) is 0 Å². The van der Waals surface area contributed by atoms with E-state index >= 15 is 0 Å². The molecule has 0 aliphatic heterocycles. The normalized spacial score (nSPS) is 10.3. The number of anilines is 1. The Bertz CT molecular complexity index is 516. The molecule has 0 N–H and O–H groups in total. The number of rotatable bonds is 3. The Hall–Kier alpha value is -1.61. The minimum Gasteiger partial charge on any atom is -0.366 e. The first-order valence-corrected chi connectivity index (χ1v) is 5.61.